The van der Waals surface area contributed by atoms with Crippen LogP contribution in [-0.2, 0) is 35.2 Å². The number of esters is 1. The quantitative estimate of drug-likeness (QED) is 0.423. The number of amides is 3. The van der Waals surface area contributed by atoms with Crippen LogP contribution in [0.5, 0.6) is 0 Å². The lowest BCUT2D eigenvalue weighted by atomic mass is 9.74. The van der Waals surface area contributed by atoms with Gasteiger partial charge in [0.15, 0.2) is 5.72 Å². The number of para-hydroxylation sites is 1. The molecule has 0 aromatic heterocycles. The van der Waals surface area contributed by atoms with Crippen LogP contribution in [0.25, 0.3) is 0 Å². The van der Waals surface area contributed by atoms with Crippen LogP contribution in [0.2, 0.25) is 0 Å². The molecule has 3 fully saturated rings. The van der Waals surface area contributed by atoms with E-state index in [0.717, 1.165) is 17.6 Å². The zero-order valence-corrected chi connectivity index (χ0v) is 17.0. The Balaban J connectivity index is 1.64. The maximum absolute atomic E-state index is 13.6. The summed E-state index contributed by atoms with van der Waals surface area (Å²) in [7, 11) is 1.13. The smallest absolute Gasteiger partial charge is 0.349 e. The maximum atomic E-state index is 13.6. The molecule has 0 spiro atoms. The molecule has 2 aromatic carbocycles. The van der Waals surface area contributed by atoms with Gasteiger partial charge in [-0.3, -0.25) is 14.4 Å². The number of carbonyl (C=O) groups excluding carboxylic acids is 4. The first-order valence-electron chi connectivity index (χ1n) is 9.93. The van der Waals surface area contributed by atoms with E-state index in [2.05, 4.69) is 0 Å². The largest absolute Gasteiger partial charge is 0.466 e. The molecule has 4 atom stereocenters. The van der Waals surface area contributed by atoms with E-state index in [9.17, 15) is 19.2 Å². The number of fused-ring (bicyclic) bond motifs is 5. The predicted octanol–water partition coefficient (Wildman–Crippen LogP) is 1.49. The Morgan fingerprint density at radius 2 is 1.55 bits per heavy atom. The van der Waals surface area contributed by atoms with Crippen LogP contribution < -0.4 is 4.90 Å². The number of methoxy groups -OCH3 is 1. The summed E-state index contributed by atoms with van der Waals surface area (Å²) in [5, 5.41) is 0. The Morgan fingerprint density at radius 3 is 2.16 bits per heavy atom. The molecule has 5 rings (SSSR count). The average Bonchev–Trinajstić information content (AvgIpc) is 3.31. The molecule has 31 heavy (non-hydrogen) atoms. The van der Waals surface area contributed by atoms with Gasteiger partial charge < -0.3 is 14.4 Å². The summed E-state index contributed by atoms with van der Waals surface area (Å²) in [5.41, 5.74) is -2.46. The molecule has 158 valence electrons. The van der Waals surface area contributed by atoms with E-state index < -0.39 is 46.9 Å². The van der Waals surface area contributed by atoms with Gasteiger partial charge in [0.05, 0.1) is 12.8 Å². The van der Waals surface area contributed by atoms with E-state index >= 15 is 0 Å². The Bertz CT molecular complexity index is 1100. The minimum atomic E-state index is -2.18. The molecule has 3 aliphatic heterocycles. The molecule has 2 bridgehead atoms. The van der Waals surface area contributed by atoms with Crippen molar-refractivity contribution in [3.63, 3.8) is 0 Å². The second-order valence-corrected chi connectivity index (χ2v) is 8.06. The van der Waals surface area contributed by atoms with Gasteiger partial charge in [0.25, 0.3) is 11.5 Å². The number of hydrogen-bond donors (Lipinski definition) is 0. The van der Waals surface area contributed by atoms with Crippen molar-refractivity contribution in [2.45, 2.75) is 24.8 Å². The highest BCUT2D eigenvalue weighted by molar-refractivity contribution is 6.28. The molecular weight excluding hydrogens is 400 g/mol. The van der Waals surface area contributed by atoms with Crippen LogP contribution in [0.1, 0.15) is 12.5 Å². The fraction of sp³-hybridized carbons (Fsp3) is 0.304. The van der Waals surface area contributed by atoms with Crippen molar-refractivity contribution in [1.82, 2.24) is 4.90 Å². The summed E-state index contributed by atoms with van der Waals surface area (Å²) in [6, 6.07) is 17.6. The molecule has 3 saturated heterocycles. The summed E-state index contributed by atoms with van der Waals surface area (Å²) < 4.78 is 10.9. The van der Waals surface area contributed by atoms with Gasteiger partial charge in [-0.1, -0.05) is 48.5 Å². The maximum Gasteiger partial charge on any atom is 0.349 e. The number of benzene rings is 2. The molecule has 0 N–H and O–H groups in total. The van der Waals surface area contributed by atoms with Crippen LogP contribution in [0.3, 0.4) is 0 Å². The van der Waals surface area contributed by atoms with Crippen LogP contribution in [0.4, 0.5) is 5.69 Å². The van der Waals surface area contributed by atoms with Gasteiger partial charge in [-0.25, -0.2) is 9.69 Å². The number of likely N-dealkylation sites (tertiary alicyclic amines) is 1. The van der Waals surface area contributed by atoms with Gasteiger partial charge in [0.2, 0.25) is 11.8 Å². The number of ether oxygens (including phenoxy) is 2. The van der Waals surface area contributed by atoms with Crippen molar-refractivity contribution < 1.29 is 28.7 Å². The minimum absolute atomic E-state index is 0.130. The van der Waals surface area contributed by atoms with Gasteiger partial charge in [0, 0.05) is 6.54 Å². The summed E-state index contributed by atoms with van der Waals surface area (Å²) in [5.74, 6) is -5.08. The topological polar surface area (TPSA) is 93.2 Å². The first-order chi connectivity index (χ1) is 14.9. The minimum Gasteiger partial charge on any atom is -0.466 e. The molecule has 3 heterocycles. The van der Waals surface area contributed by atoms with Crippen molar-refractivity contribution in [3.8, 4) is 0 Å². The van der Waals surface area contributed by atoms with Crippen molar-refractivity contribution in [2.75, 3.05) is 12.0 Å². The third kappa shape index (κ3) is 2.33. The first-order valence-corrected chi connectivity index (χ1v) is 9.93. The molecule has 0 unspecified atom stereocenters. The standard InChI is InChI=1S/C23H20N2O6/c1-22-16-17(19(27)25(18(16)26)15-11-7-4-8-12-15)23(31-22,21(29)30-2)20(28)24(22)13-14-9-5-3-6-10-14/h3-12,16-17H,13H2,1-2H3/t16-,17+,22+,23-/m0/s1. The van der Waals surface area contributed by atoms with Crippen molar-refractivity contribution in [2.24, 2.45) is 11.8 Å². The fourth-order valence-electron chi connectivity index (χ4n) is 5.11. The van der Waals surface area contributed by atoms with Gasteiger partial charge in [0.1, 0.15) is 11.8 Å². The zero-order chi connectivity index (χ0) is 22.0. The number of piperidine rings is 1. The highest BCUT2D eigenvalue weighted by Crippen LogP contribution is 2.60. The van der Waals surface area contributed by atoms with E-state index in [-0.39, 0.29) is 6.54 Å². The van der Waals surface area contributed by atoms with Gasteiger partial charge >= 0.3 is 5.97 Å². The zero-order valence-electron chi connectivity index (χ0n) is 17.0. The Hall–Kier alpha value is -3.52. The molecule has 2 aromatic rings. The predicted molar refractivity (Wildman–Crippen MR) is 107 cm³/mol. The number of imide groups is 1. The molecule has 3 amide bonds. The second kappa shape index (κ2) is 6.49. The van der Waals surface area contributed by atoms with Crippen LogP contribution in [0, 0.1) is 11.8 Å². The van der Waals surface area contributed by atoms with Crippen molar-refractivity contribution in [1.29, 1.82) is 0 Å². The number of carbonyl (C=O) groups is 4. The van der Waals surface area contributed by atoms with E-state index in [1.165, 1.54) is 4.90 Å². The molecular formula is C23H20N2O6. The highest BCUT2D eigenvalue weighted by Gasteiger charge is 2.84. The molecule has 8 heteroatoms. The lowest BCUT2D eigenvalue weighted by Gasteiger charge is -2.38. The van der Waals surface area contributed by atoms with E-state index in [4.69, 9.17) is 9.47 Å². The molecule has 8 nitrogen and oxygen atoms in total. The van der Waals surface area contributed by atoms with Gasteiger partial charge in [-0.05, 0) is 24.6 Å². The Kier molecular flexibility index (Phi) is 4.07. The molecule has 0 aliphatic carbocycles. The summed E-state index contributed by atoms with van der Waals surface area (Å²) in [4.78, 5) is 55.8. The summed E-state index contributed by atoms with van der Waals surface area (Å²) >= 11 is 0. The van der Waals surface area contributed by atoms with Gasteiger partial charge in [-0.2, -0.15) is 0 Å². The monoisotopic (exact) mass is 420 g/mol. The Labute approximate surface area is 178 Å². The van der Waals surface area contributed by atoms with E-state index in [1.807, 2.05) is 30.3 Å². The van der Waals surface area contributed by atoms with Gasteiger partial charge in [-0.15, -0.1) is 0 Å². The lowest BCUT2D eigenvalue weighted by molar-refractivity contribution is -0.174. The van der Waals surface area contributed by atoms with Crippen LogP contribution in [-0.4, -0.2) is 47.0 Å². The van der Waals surface area contributed by atoms with Crippen molar-refractivity contribution in [3.05, 3.63) is 66.2 Å². The summed E-state index contributed by atoms with van der Waals surface area (Å²) in [6.45, 7) is 1.72. The van der Waals surface area contributed by atoms with Crippen molar-refractivity contribution >= 4 is 29.4 Å². The summed E-state index contributed by atoms with van der Waals surface area (Å²) in [6.07, 6.45) is 0. The Morgan fingerprint density at radius 1 is 0.968 bits per heavy atom. The lowest BCUT2D eigenvalue weighted by Crippen LogP contribution is -2.61. The highest BCUT2D eigenvalue weighted by atomic mass is 16.6. The third-order valence-electron chi connectivity index (χ3n) is 6.47. The normalized spacial score (nSPS) is 31.4. The van der Waals surface area contributed by atoms with E-state index in [0.29, 0.717) is 5.69 Å². The number of rotatable bonds is 4. The second-order valence-electron chi connectivity index (χ2n) is 8.06. The number of hydrogen-bond acceptors (Lipinski definition) is 6. The SMILES string of the molecule is COC(=O)[C@]12O[C@](C)([C@@H]3C(=O)N(c4ccccc4)C(=O)[C@@H]31)N(Cc1ccccc1)C2=O. The van der Waals surface area contributed by atoms with Crippen LogP contribution >= 0.6 is 0 Å². The fourth-order valence-corrected chi connectivity index (χ4v) is 5.11. The average molecular weight is 420 g/mol. The molecule has 0 saturated carbocycles. The molecule has 0 radical (unpaired) electrons. The van der Waals surface area contributed by atoms with E-state index in [1.54, 1.807) is 37.3 Å². The van der Waals surface area contributed by atoms with Crippen LogP contribution in [0.15, 0.2) is 60.7 Å². The number of nitrogens with zero attached hydrogens (tertiary/aromatic N) is 2. The molecule has 3 aliphatic rings. The third-order valence-corrected chi connectivity index (χ3v) is 6.47. The number of anilines is 1. The first kappa shape index (κ1) is 19.4.